The second-order valence-corrected chi connectivity index (χ2v) is 8.68. The lowest BCUT2D eigenvalue weighted by Crippen LogP contribution is -2.36. The van der Waals surface area contributed by atoms with E-state index in [9.17, 15) is 14.4 Å². The molecule has 8 nitrogen and oxygen atoms in total. The minimum Gasteiger partial charge on any atom is -0.360 e. The molecule has 0 spiro atoms. The Kier molecular flexibility index (Phi) is 6.39. The van der Waals surface area contributed by atoms with Crippen LogP contribution in [-0.4, -0.2) is 26.3 Å². The van der Waals surface area contributed by atoms with Crippen molar-refractivity contribution >= 4 is 28.4 Å². The Labute approximate surface area is 186 Å². The first kappa shape index (κ1) is 21.8. The smallest absolute Gasteiger partial charge is 0.275 e. The number of aromatic amines is 1. The fraction of sp³-hybridized carbons (Fsp3) is 0.417. The van der Waals surface area contributed by atoms with E-state index in [1.54, 1.807) is 13.1 Å². The minimum atomic E-state index is -0.347. The van der Waals surface area contributed by atoms with Gasteiger partial charge in [-0.25, -0.2) is 0 Å². The molecule has 2 aliphatic rings. The topological polar surface area (TPSA) is 109 Å². The van der Waals surface area contributed by atoms with Crippen LogP contribution in [0.2, 0.25) is 0 Å². The Bertz CT molecular complexity index is 1210. The number of nitrogens with one attached hydrogen (secondary N) is 3. The van der Waals surface area contributed by atoms with E-state index in [4.69, 9.17) is 0 Å². The monoisotopic (exact) mass is 435 g/mol. The first-order valence-electron chi connectivity index (χ1n) is 11.1. The standard InChI is InChI=1S/C19H19N5O3.C5H10/c1-11-6-13-2-3-16(25)23-18(13)19(27)24(11)10-17(26)22-8-14-7-12-4-5-20-15(12)9-21-14;1-5-3-2-4-5/h4-7,9,20H,2-3,8,10H2,1H3,(H,22,26)(H,23,25);5H,2-4H2,1H3. The summed E-state index contributed by atoms with van der Waals surface area (Å²) in [5.74, 6) is 0.596. The highest BCUT2D eigenvalue weighted by molar-refractivity contribution is 5.93. The molecule has 3 aromatic heterocycles. The van der Waals surface area contributed by atoms with Crippen LogP contribution in [0, 0.1) is 12.8 Å². The summed E-state index contributed by atoms with van der Waals surface area (Å²) in [6, 6.07) is 5.69. The zero-order valence-electron chi connectivity index (χ0n) is 18.5. The first-order chi connectivity index (χ1) is 15.4. The van der Waals surface area contributed by atoms with Crippen molar-refractivity contribution in [2.75, 3.05) is 5.32 Å². The zero-order valence-corrected chi connectivity index (χ0v) is 18.5. The van der Waals surface area contributed by atoms with Gasteiger partial charge in [-0.15, -0.1) is 0 Å². The van der Waals surface area contributed by atoms with Gasteiger partial charge in [-0.3, -0.25) is 19.4 Å². The average molecular weight is 436 g/mol. The van der Waals surface area contributed by atoms with E-state index in [0.717, 1.165) is 28.1 Å². The average Bonchev–Trinajstić information content (AvgIpc) is 3.23. The van der Waals surface area contributed by atoms with Gasteiger partial charge in [0, 0.05) is 23.7 Å². The third-order valence-electron chi connectivity index (χ3n) is 6.13. The highest BCUT2D eigenvalue weighted by atomic mass is 16.2. The number of hydrogen-bond donors (Lipinski definition) is 3. The molecule has 2 amide bonds. The van der Waals surface area contributed by atoms with Crippen LogP contribution in [0.5, 0.6) is 0 Å². The van der Waals surface area contributed by atoms with Crippen LogP contribution in [0.15, 0.2) is 35.4 Å². The Balaban J connectivity index is 0.000000433. The van der Waals surface area contributed by atoms with Gasteiger partial charge in [0.2, 0.25) is 11.8 Å². The molecular formula is C24H29N5O3. The Morgan fingerprint density at radius 2 is 2.03 bits per heavy atom. The molecule has 1 aliphatic carbocycles. The molecular weight excluding hydrogens is 406 g/mol. The van der Waals surface area contributed by atoms with E-state index in [1.165, 1.54) is 23.8 Å². The summed E-state index contributed by atoms with van der Waals surface area (Å²) in [5, 5.41) is 6.43. The lowest BCUT2D eigenvalue weighted by molar-refractivity contribution is -0.122. The number of anilines is 1. The summed E-state index contributed by atoms with van der Waals surface area (Å²) in [5.41, 5.74) is 3.11. The van der Waals surface area contributed by atoms with Crippen molar-refractivity contribution in [1.82, 2.24) is 19.9 Å². The second kappa shape index (κ2) is 9.38. The fourth-order valence-corrected chi connectivity index (χ4v) is 3.91. The summed E-state index contributed by atoms with van der Waals surface area (Å²) >= 11 is 0. The van der Waals surface area contributed by atoms with Crippen LogP contribution in [-0.2, 0) is 29.1 Å². The van der Waals surface area contributed by atoms with Gasteiger partial charge < -0.3 is 20.2 Å². The first-order valence-corrected chi connectivity index (χ1v) is 11.1. The van der Waals surface area contributed by atoms with Crippen molar-refractivity contribution in [3.63, 3.8) is 0 Å². The Morgan fingerprint density at radius 1 is 1.25 bits per heavy atom. The molecule has 3 aromatic rings. The van der Waals surface area contributed by atoms with Gasteiger partial charge in [-0.05, 0) is 43.0 Å². The normalized spacial score (nSPS) is 15.2. The van der Waals surface area contributed by atoms with Gasteiger partial charge in [0.25, 0.3) is 5.56 Å². The second-order valence-electron chi connectivity index (χ2n) is 8.68. The van der Waals surface area contributed by atoms with Crippen molar-refractivity contribution in [2.45, 2.75) is 59.0 Å². The van der Waals surface area contributed by atoms with Gasteiger partial charge in [0.15, 0.2) is 0 Å². The maximum Gasteiger partial charge on any atom is 0.275 e. The maximum absolute atomic E-state index is 12.7. The Hall–Kier alpha value is -3.42. The van der Waals surface area contributed by atoms with Gasteiger partial charge in [-0.2, -0.15) is 0 Å². The summed E-state index contributed by atoms with van der Waals surface area (Å²) < 4.78 is 1.38. The van der Waals surface area contributed by atoms with Crippen molar-refractivity contribution in [2.24, 2.45) is 5.92 Å². The minimum absolute atomic E-state index is 0.111. The van der Waals surface area contributed by atoms with Crippen molar-refractivity contribution < 1.29 is 9.59 Å². The molecule has 1 saturated carbocycles. The number of carbonyl (C=O) groups is 2. The number of rotatable bonds is 4. The van der Waals surface area contributed by atoms with Crippen LogP contribution < -0.4 is 16.2 Å². The van der Waals surface area contributed by atoms with E-state index in [-0.39, 0.29) is 36.2 Å². The van der Waals surface area contributed by atoms with Gasteiger partial charge >= 0.3 is 0 Å². The summed E-state index contributed by atoms with van der Waals surface area (Å²) in [6.07, 6.45) is 8.92. The number of hydrogen-bond acceptors (Lipinski definition) is 4. The van der Waals surface area contributed by atoms with Gasteiger partial charge in [-0.1, -0.05) is 26.2 Å². The highest BCUT2D eigenvalue weighted by Crippen LogP contribution is 2.24. The number of nitrogens with zero attached hydrogens (tertiary/aromatic N) is 2. The third kappa shape index (κ3) is 4.90. The van der Waals surface area contributed by atoms with Crippen LogP contribution >= 0.6 is 0 Å². The van der Waals surface area contributed by atoms with Crippen molar-refractivity contribution in [1.29, 1.82) is 0 Å². The quantitative estimate of drug-likeness (QED) is 0.585. The van der Waals surface area contributed by atoms with Crippen LogP contribution in [0.25, 0.3) is 10.9 Å². The van der Waals surface area contributed by atoms with E-state index in [2.05, 4.69) is 27.5 Å². The predicted octanol–water partition coefficient (Wildman–Crippen LogP) is 3.04. The van der Waals surface area contributed by atoms with E-state index < -0.39 is 0 Å². The zero-order chi connectivity index (χ0) is 22.7. The number of fused-ring (bicyclic) bond motifs is 2. The molecule has 8 heteroatoms. The Morgan fingerprint density at radius 3 is 2.75 bits per heavy atom. The van der Waals surface area contributed by atoms with Crippen LogP contribution in [0.4, 0.5) is 5.69 Å². The molecule has 1 aliphatic heterocycles. The molecule has 0 aromatic carbocycles. The summed E-state index contributed by atoms with van der Waals surface area (Å²) in [7, 11) is 0. The molecule has 0 saturated heterocycles. The van der Waals surface area contributed by atoms with Gasteiger partial charge in [0.05, 0.1) is 24.0 Å². The molecule has 5 rings (SSSR count). The molecule has 0 radical (unpaired) electrons. The molecule has 4 heterocycles. The molecule has 1 fully saturated rings. The third-order valence-corrected chi connectivity index (χ3v) is 6.13. The SMILES string of the molecule is CC1CCC1.Cc1cc2c(c(=O)n1CC(=O)NCc1cc3cc[nH]c3cn1)NC(=O)CC2. The number of aromatic nitrogens is 3. The molecule has 0 atom stereocenters. The van der Waals surface area contributed by atoms with Gasteiger partial charge in [0.1, 0.15) is 12.2 Å². The maximum atomic E-state index is 12.7. The van der Waals surface area contributed by atoms with E-state index in [1.807, 2.05) is 24.4 Å². The predicted molar refractivity (Wildman–Crippen MR) is 123 cm³/mol. The highest BCUT2D eigenvalue weighted by Gasteiger charge is 2.21. The number of aryl methyl sites for hydroxylation is 2. The number of pyridine rings is 2. The number of amides is 2. The lowest BCUT2D eigenvalue weighted by Gasteiger charge is -2.19. The fourth-order valence-electron chi connectivity index (χ4n) is 3.91. The van der Waals surface area contributed by atoms with Crippen LogP contribution in [0.1, 0.15) is 49.6 Å². The molecule has 0 bridgehead atoms. The molecule has 0 unspecified atom stereocenters. The molecule has 32 heavy (non-hydrogen) atoms. The van der Waals surface area contributed by atoms with Crippen molar-refractivity contribution in [3.05, 3.63) is 57.9 Å². The number of H-pyrrole nitrogens is 1. The van der Waals surface area contributed by atoms with E-state index >= 15 is 0 Å². The van der Waals surface area contributed by atoms with Crippen LogP contribution in [0.3, 0.4) is 0 Å². The molecule has 168 valence electrons. The van der Waals surface area contributed by atoms with E-state index in [0.29, 0.717) is 18.5 Å². The van der Waals surface area contributed by atoms with Crippen molar-refractivity contribution in [3.8, 4) is 0 Å². The largest absolute Gasteiger partial charge is 0.360 e. The lowest BCUT2D eigenvalue weighted by atomic mass is 9.88. The number of carbonyl (C=O) groups excluding carboxylic acids is 2. The molecule has 3 N–H and O–H groups in total. The summed E-state index contributed by atoms with van der Waals surface area (Å²) in [6.45, 7) is 4.26. The summed E-state index contributed by atoms with van der Waals surface area (Å²) in [4.78, 5) is 43.9.